The van der Waals surface area contributed by atoms with Crippen molar-refractivity contribution in [1.29, 1.82) is 0 Å². The van der Waals surface area contributed by atoms with Crippen LogP contribution >= 0.6 is 0 Å². The third kappa shape index (κ3) is 2.08. The number of nitrogens with zero attached hydrogens (tertiary/aromatic N) is 1. The average Bonchev–Trinajstić information content (AvgIpc) is 2.52. The van der Waals surface area contributed by atoms with E-state index in [0.717, 1.165) is 12.6 Å². The summed E-state index contributed by atoms with van der Waals surface area (Å²) in [6.45, 7) is 8.41. The summed E-state index contributed by atoms with van der Waals surface area (Å²) < 4.78 is 0. The standard InChI is InChI=1S/C10H20N2/c1-4-9(2)12-7-5-6-10(12)8-11-3/h4,9-11H,1,5-8H2,2-3H3. The number of hydrogen-bond acceptors (Lipinski definition) is 2. The molecule has 1 rings (SSSR count). The predicted molar refractivity (Wildman–Crippen MR) is 53.3 cm³/mol. The van der Waals surface area contributed by atoms with E-state index in [1.54, 1.807) is 0 Å². The molecule has 1 fully saturated rings. The highest BCUT2D eigenvalue weighted by Gasteiger charge is 2.25. The second-order valence-corrected chi connectivity index (χ2v) is 3.57. The first-order valence-corrected chi connectivity index (χ1v) is 4.82. The molecule has 0 aliphatic carbocycles. The minimum Gasteiger partial charge on any atom is -0.318 e. The fourth-order valence-electron chi connectivity index (χ4n) is 1.98. The Morgan fingerprint density at radius 3 is 3.08 bits per heavy atom. The fourth-order valence-corrected chi connectivity index (χ4v) is 1.98. The van der Waals surface area contributed by atoms with Crippen LogP contribution in [-0.2, 0) is 0 Å². The van der Waals surface area contributed by atoms with Gasteiger partial charge in [0.2, 0.25) is 0 Å². The minimum absolute atomic E-state index is 0.533. The molecule has 1 aliphatic rings. The second-order valence-electron chi connectivity index (χ2n) is 3.57. The summed E-state index contributed by atoms with van der Waals surface area (Å²) in [4.78, 5) is 2.53. The highest BCUT2D eigenvalue weighted by molar-refractivity contribution is 4.91. The summed E-state index contributed by atoms with van der Waals surface area (Å²) >= 11 is 0. The van der Waals surface area contributed by atoms with Gasteiger partial charge in [0.05, 0.1) is 0 Å². The van der Waals surface area contributed by atoms with Crippen LogP contribution in [0.2, 0.25) is 0 Å². The highest BCUT2D eigenvalue weighted by atomic mass is 15.2. The molecular formula is C10H20N2. The lowest BCUT2D eigenvalue weighted by Crippen LogP contribution is -2.41. The molecule has 0 aromatic rings. The first kappa shape index (κ1) is 9.75. The van der Waals surface area contributed by atoms with Crippen molar-refractivity contribution >= 4 is 0 Å². The van der Waals surface area contributed by atoms with Gasteiger partial charge in [-0.05, 0) is 33.4 Å². The Balaban J connectivity index is 2.45. The van der Waals surface area contributed by atoms with Crippen LogP contribution in [0.4, 0.5) is 0 Å². The normalized spacial score (nSPS) is 27.3. The zero-order chi connectivity index (χ0) is 8.97. The Labute approximate surface area is 75.6 Å². The molecule has 2 heteroatoms. The van der Waals surface area contributed by atoms with E-state index in [9.17, 15) is 0 Å². The number of nitrogens with one attached hydrogen (secondary N) is 1. The lowest BCUT2D eigenvalue weighted by Gasteiger charge is -2.28. The molecule has 1 N–H and O–H groups in total. The number of likely N-dealkylation sites (tertiary alicyclic amines) is 1. The van der Waals surface area contributed by atoms with E-state index >= 15 is 0 Å². The van der Waals surface area contributed by atoms with Crippen LogP contribution in [-0.4, -0.2) is 37.1 Å². The SMILES string of the molecule is C=CC(C)N1CCCC1CNC. The molecule has 0 aromatic heterocycles. The van der Waals surface area contributed by atoms with Gasteiger partial charge in [-0.1, -0.05) is 6.08 Å². The quantitative estimate of drug-likeness (QED) is 0.635. The Morgan fingerprint density at radius 2 is 2.50 bits per heavy atom. The lowest BCUT2D eigenvalue weighted by molar-refractivity contribution is 0.220. The lowest BCUT2D eigenvalue weighted by atomic mass is 10.2. The number of hydrogen-bond donors (Lipinski definition) is 1. The molecule has 70 valence electrons. The van der Waals surface area contributed by atoms with E-state index in [1.807, 2.05) is 13.1 Å². The minimum atomic E-state index is 0.533. The second kappa shape index (κ2) is 4.63. The maximum atomic E-state index is 3.84. The molecule has 2 nitrogen and oxygen atoms in total. The van der Waals surface area contributed by atoms with Gasteiger partial charge in [0.25, 0.3) is 0 Å². The van der Waals surface area contributed by atoms with Gasteiger partial charge < -0.3 is 5.32 Å². The van der Waals surface area contributed by atoms with Gasteiger partial charge >= 0.3 is 0 Å². The monoisotopic (exact) mass is 168 g/mol. The molecular weight excluding hydrogens is 148 g/mol. The molecule has 1 saturated heterocycles. The fraction of sp³-hybridized carbons (Fsp3) is 0.800. The molecule has 0 saturated carbocycles. The van der Waals surface area contributed by atoms with Gasteiger partial charge in [0.15, 0.2) is 0 Å². The van der Waals surface area contributed by atoms with E-state index in [1.165, 1.54) is 19.4 Å². The van der Waals surface area contributed by atoms with Crippen LogP contribution in [0, 0.1) is 0 Å². The molecule has 0 spiro atoms. The summed E-state index contributed by atoms with van der Waals surface area (Å²) in [5, 5.41) is 3.24. The van der Waals surface area contributed by atoms with Crippen LogP contribution in [0.5, 0.6) is 0 Å². The topological polar surface area (TPSA) is 15.3 Å². The zero-order valence-corrected chi connectivity index (χ0v) is 8.21. The van der Waals surface area contributed by atoms with Crippen molar-refractivity contribution in [2.75, 3.05) is 20.1 Å². The van der Waals surface area contributed by atoms with Crippen LogP contribution in [0.25, 0.3) is 0 Å². The molecule has 2 atom stereocenters. The predicted octanol–water partition coefficient (Wildman–Crippen LogP) is 1.24. The molecule has 2 unspecified atom stereocenters. The summed E-state index contributed by atoms with van der Waals surface area (Å²) in [6.07, 6.45) is 4.71. The van der Waals surface area contributed by atoms with E-state index in [0.29, 0.717) is 6.04 Å². The maximum absolute atomic E-state index is 3.84. The zero-order valence-electron chi connectivity index (χ0n) is 8.21. The van der Waals surface area contributed by atoms with Crippen LogP contribution in [0.1, 0.15) is 19.8 Å². The summed E-state index contributed by atoms with van der Waals surface area (Å²) in [7, 11) is 2.02. The first-order valence-electron chi connectivity index (χ1n) is 4.82. The van der Waals surface area contributed by atoms with E-state index in [-0.39, 0.29) is 0 Å². The van der Waals surface area contributed by atoms with Gasteiger partial charge in [-0.25, -0.2) is 0 Å². The first-order chi connectivity index (χ1) is 5.79. The van der Waals surface area contributed by atoms with Gasteiger partial charge in [-0.2, -0.15) is 0 Å². The molecule has 0 bridgehead atoms. The molecule has 0 amide bonds. The van der Waals surface area contributed by atoms with Crippen LogP contribution in [0.3, 0.4) is 0 Å². The van der Waals surface area contributed by atoms with Crippen LogP contribution < -0.4 is 5.32 Å². The number of likely N-dealkylation sites (N-methyl/N-ethyl adjacent to an activating group) is 1. The Morgan fingerprint density at radius 1 is 1.75 bits per heavy atom. The molecule has 0 radical (unpaired) electrons. The van der Waals surface area contributed by atoms with Crippen molar-refractivity contribution in [3.05, 3.63) is 12.7 Å². The third-order valence-corrected chi connectivity index (χ3v) is 2.73. The highest BCUT2D eigenvalue weighted by Crippen LogP contribution is 2.19. The Hall–Kier alpha value is -0.340. The van der Waals surface area contributed by atoms with Crippen molar-refractivity contribution in [2.24, 2.45) is 0 Å². The molecule has 0 aromatic carbocycles. The van der Waals surface area contributed by atoms with Gasteiger partial charge in [0, 0.05) is 18.6 Å². The smallest absolute Gasteiger partial charge is 0.0250 e. The van der Waals surface area contributed by atoms with Crippen molar-refractivity contribution in [1.82, 2.24) is 10.2 Å². The largest absolute Gasteiger partial charge is 0.318 e. The summed E-state index contributed by atoms with van der Waals surface area (Å²) in [5.74, 6) is 0. The van der Waals surface area contributed by atoms with Crippen molar-refractivity contribution in [3.8, 4) is 0 Å². The summed E-state index contributed by atoms with van der Waals surface area (Å²) in [6, 6.07) is 1.26. The summed E-state index contributed by atoms with van der Waals surface area (Å²) in [5.41, 5.74) is 0. The molecule has 1 aliphatic heterocycles. The molecule has 1 heterocycles. The van der Waals surface area contributed by atoms with Crippen molar-refractivity contribution < 1.29 is 0 Å². The average molecular weight is 168 g/mol. The van der Waals surface area contributed by atoms with Crippen molar-refractivity contribution in [2.45, 2.75) is 31.8 Å². The van der Waals surface area contributed by atoms with E-state index < -0.39 is 0 Å². The van der Waals surface area contributed by atoms with E-state index in [2.05, 4.69) is 23.7 Å². The van der Waals surface area contributed by atoms with E-state index in [4.69, 9.17) is 0 Å². The number of rotatable bonds is 4. The van der Waals surface area contributed by atoms with Crippen molar-refractivity contribution in [3.63, 3.8) is 0 Å². The maximum Gasteiger partial charge on any atom is 0.0250 e. The van der Waals surface area contributed by atoms with Gasteiger partial charge in [-0.3, -0.25) is 4.90 Å². The van der Waals surface area contributed by atoms with Gasteiger partial charge in [0.1, 0.15) is 0 Å². The van der Waals surface area contributed by atoms with Gasteiger partial charge in [-0.15, -0.1) is 6.58 Å². The van der Waals surface area contributed by atoms with Crippen LogP contribution in [0.15, 0.2) is 12.7 Å². The Bertz CT molecular complexity index is 145. The Kier molecular flexibility index (Phi) is 3.76. The third-order valence-electron chi connectivity index (χ3n) is 2.73. The molecule has 12 heavy (non-hydrogen) atoms.